The van der Waals surface area contributed by atoms with Crippen molar-refractivity contribution in [2.45, 2.75) is 88.2 Å². The van der Waals surface area contributed by atoms with Gasteiger partial charge in [-0.1, -0.05) is 79.7 Å². The number of aliphatic hydroxyl groups excluding tert-OH is 1. The first-order chi connectivity index (χ1) is 22.3. The Morgan fingerprint density at radius 1 is 1.02 bits per heavy atom. The summed E-state index contributed by atoms with van der Waals surface area (Å²) in [5, 5.41) is 18.4. The van der Waals surface area contributed by atoms with Crippen LogP contribution in [-0.4, -0.2) is 71.9 Å². The van der Waals surface area contributed by atoms with Crippen molar-refractivity contribution >= 4 is 11.8 Å². The summed E-state index contributed by atoms with van der Waals surface area (Å²) in [5.74, 6) is 0.274. The van der Waals surface area contributed by atoms with E-state index in [-0.39, 0.29) is 42.5 Å². The number of hydrogen-bond acceptors (Lipinski definition) is 6. The second kappa shape index (κ2) is 14.4. The van der Waals surface area contributed by atoms with E-state index in [4.69, 9.17) is 9.47 Å². The molecule has 5 atom stereocenters. The van der Waals surface area contributed by atoms with E-state index < -0.39 is 18.2 Å². The highest BCUT2D eigenvalue weighted by molar-refractivity contribution is 5.86. The number of ether oxygens (including phenoxy) is 2. The normalized spacial score (nSPS) is 22.1. The van der Waals surface area contributed by atoms with Crippen molar-refractivity contribution in [1.82, 2.24) is 15.5 Å². The Morgan fingerprint density at radius 2 is 1.76 bits per heavy atom. The van der Waals surface area contributed by atoms with E-state index in [1.165, 1.54) is 12.0 Å². The third-order valence-electron chi connectivity index (χ3n) is 10.0. The largest absolute Gasteiger partial charge is 0.487 e. The van der Waals surface area contributed by atoms with Gasteiger partial charge in [0.05, 0.1) is 31.2 Å². The van der Waals surface area contributed by atoms with Gasteiger partial charge in [0, 0.05) is 31.1 Å². The molecule has 1 saturated heterocycles. The fourth-order valence-corrected chi connectivity index (χ4v) is 7.00. The highest BCUT2D eigenvalue weighted by Gasteiger charge is 2.45. The minimum Gasteiger partial charge on any atom is -0.487 e. The van der Waals surface area contributed by atoms with Crippen LogP contribution in [0, 0.1) is 0 Å². The molecular formula is C38H47N3O5. The van der Waals surface area contributed by atoms with Gasteiger partial charge in [-0.25, -0.2) is 0 Å². The molecule has 244 valence electrons. The Bertz CT molecular complexity index is 1480. The molecule has 2 aliphatic heterocycles. The van der Waals surface area contributed by atoms with Crippen LogP contribution >= 0.6 is 0 Å². The predicted octanol–water partition coefficient (Wildman–Crippen LogP) is 4.70. The van der Waals surface area contributed by atoms with E-state index in [9.17, 15) is 14.7 Å². The summed E-state index contributed by atoms with van der Waals surface area (Å²) >= 11 is 0. The maximum Gasteiger partial charge on any atom is 0.251 e. The number of fused-ring (bicyclic) bond motifs is 1. The average molecular weight is 626 g/mol. The molecule has 3 aromatic rings. The number of hydrogen-bond donors (Lipinski definition) is 3. The number of benzene rings is 3. The van der Waals surface area contributed by atoms with Crippen LogP contribution in [0.5, 0.6) is 5.75 Å². The zero-order chi connectivity index (χ0) is 32.1. The van der Waals surface area contributed by atoms with E-state index in [2.05, 4.69) is 35.8 Å². The van der Waals surface area contributed by atoms with Crippen LogP contribution < -0.4 is 15.4 Å². The first-order valence-corrected chi connectivity index (χ1v) is 16.9. The molecule has 1 aliphatic carbocycles. The third kappa shape index (κ3) is 7.30. The number of nitrogens with one attached hydrogen (secondary N) is 2. The number of aryl methyl sites for hydroxylation is 1. The second-order valence-electron chi connectivity index (χ2n) is 13.2. The van der Waals surface area contributed by atoms with Crippen LogP contribution in [0.1, 0.15) is 73.7 Å². The number of morpholine rings is 1. The molecule has 0 aromatic heterocycles. The monoisotopic (exact) mass is 625 g/mol. The van der Waals surface area contributed by atoms with Crippen LogP contribution in [0.3, 0.4) is 0 Å². The number of carbonyl (C=O) groups excluding carboxylic acids is 2. The lowest BCUT2D eigenvalue weighted by Gasteiger charge is -2.48. The van der Waals surface area contributed by atoms with Crippen molar-refractivity contribution in [2.24, 2.45) is 0 Å². The first-order valence-electron chi connectivity index (χ1n) is 16.9. The van der Waals surface area contributed by atoms with Gasteiger partial charge in [0.25, 0.3) is 5.91 Å². The van der Waals surface area contributed by atoms with Crippen LogP contribution in [0.4, 0.5) is 0 Å². The lowest BCUT2D eigenvalue weighted by Crippen LogP contribution is -2.57. The molecule has 2 fully saturated rings. The van der Waals surface area contributed by atoms with Gasteiger partial charge in [0.2, 0.25) is 5.91 Å². The fraction of sp³-hybridized carbons (Fsp3) is 0.474. The number of nitrogens with zero attached hydrogens (tertiary/aromatic N) is 1. The van der Waals surface area contributed by atoms with Crippen LogP contribution in [-0.2, 0) is 27.2 Å². The summed E-state index contributed by atoms with van der Waals surface area (Å²) in [5.41, 5.74) is 4.22. The van der Waals surface area contributed by atoms with Gasteiger partial charge < -0.3 is 30.1 Å². The minimum atomic E-state index is -0.860. The van der Waals surface area contributed by atoms with Crippen molar-refractivity contribution in [2.75, 3.05) is 26.2 Å². The summed E-state index contributed by atoms with van der Waals surface area (Å²) in [6.07, 6.45) is 3.84. The fourth-order valence-electron chi connectivity index (χ4n) is 7.00. The second-order valence-corrected chi connectivity index (χ2v) is 13.2. The molecular weight excluding hydrogens is 578 g/mol. The summed E-state index contributed by atoms with van der Waals surface area (Å²) in [7, 11) is 0. The molecule has 0 bridgehead atoms. The average Bonchev–Trinajstić information content (AvgIpc) is 3.09. The zero-order valence-corrected chi connectivity index (χ0v) is 27.0. The topological polar surface area (TPSA) is 100 Å². The molecule has 46 heavy (non-hydrogen) atoms. The van der Waals surface area contributed by atoms with Crippen molar-refractivity contribution < 1.29 is 24.2 Å². The van der Waals surface area contributed by atoms with Crippen LogP contribution in [0.15, 0.2) is 78.9 Å². The minimum absolute atomic E-state index is 0.0235. The molecule has 3 aliphatic rings. The number of amides is 2. The lowest BCUT2D eigenvalue weighted by atomic mass is 9.72. The van der Waals surface area contributed by atoms with Gasteiger partial charge in [-0.05, 0) is 61.8 Å². The maximum absolute atomic E-state index is 13.7. The highest BCUT2D eigenvalue weighted by atomic mass is 16.5. The van der Waals surface area contributed by atoms with Gasteiger partial charge in [-0.2, -0.15) is 0 Å². The Morgan fingerprint density at radius 3 is 2.46 bits per heavy atom. The summed E-state index contributed by atoms with van der Waals surface area (Å²) in [6, 6.07) is 25.5. The van der Waals surface area contributed by atoms with Crippen LogP contribution in [0.2, 0.25) is 0 Å². The van der Waals surface area contributed by atoms with E-state index in [0.717, 1.165) is 48.1 Å². The van der Waals surface area contributed by atoms with Gasteiger partial charge in [-0.3, -0.25) is 9.59 Å². The van der Waals surface area contributed by atoms with Crippen molar-refractivity contribution in [3.8, 4) is 5.75 Å². The Hall–Kier alpha value is -3.72. The number of aliphatic hydroxyl groups is 1. The Balaban J connectivity index is 1.13. The van der Waals surface area contributed by atoms with E-state index in [0.29, 0.717) is 19.5 Å². The predicted molar refractivity (Wildman–Crippen MR) is 178 cm³/mol. The van der Waals surface area contributed by atoms with Gasteiger partial charge in [0.1, 0.15) is 11.4 Å². The van der Waals surface area contributed by atoms with Crippen LogP contribution in [0.25, 0.3) is 0 Å². The summed E-state index contributed by atoms with van der Waals surface area (Å²) in [4.78, 5) is 28.7. The number of rotatable bonds is 11. The van der Waals surface area contributed by atoms with Gasteiger partial charge in [0.15, 0.2) is 6.10 Å². The smallest absolute Gasteiger partial charge is 0.251 e. The van der Waals surface area contributed by atoms with Crippen molar-refractivity contribution in [3.63, 3.8) is 0 Å². The standard InChI is InChI=1S/C38H47N3O5/c1-3-27-15-16-34-30(21-27)32(23-38(46-34)17-10-18-38)39-24-33(42)31(22-28-11-6-4-7-12-28)40-36(43)35-25-41(19-20-45-35)37(44)26(2)29-13-8-5-9-14-29/h4-9,11-16,21,26,31-33,35,39,42H,3,10,17-20,22-25H2,1-2H3,(H,40,43)/t26-,31+,32?,33-,35?/m1/s1. The molecule has 8 nitrogen and oxygen atoms in total. The number of carbonyl (C=O) groups is 2. The van der Waals surface area contributed by atoms with Gasteiger partial charge >= 0.3 is 0 Å². The van der Waals surface area contributed by atoms with E-state index in [1.807, 2.05) is 67.6 Å². The molecule has 0 radical (unpaired) electrons. The quantitative estimate of drug-likeness (QED) is 0.286. The molecule has 2 heterocycles. The van der Waals surface area contributed by atoms with E-state index in [1.54, 1.807) is 4.90 Å². The SMILES string of the molecule is CCc1ccc2c(c1)C(NC[C@@H](O)[C@H](Cc1ccccc1)NC(=O)C1CN(C(=O)[C@H](C)c3ccccc3)CCO1)CC1(CCC1)O2. The van der Waals surface area contributed by atoms with E-state index >= 15 is 0 Å². The zero-order valence-electron chi connectivity index (χ0n) is 27.0. The third-order valence-corrected chi connectivity index (χ3v) is 10.0. The molecule has 1 spiro atoms. The molecule has 2 unspecified atom stereocenters. The maximum atomic E-state index is 13.7. The summed E-state index contributed by atoms with van der Waals surface area (Å²) in [6.45, 7) is 5.25. The lowest BCUT2D eigenvalue weighted by molar-refractivity contribution is -0.148. The van der Waals surface area contributed by atoms with Crippen molar-refractivity contribution in [1.29, 1.82) is 0 Å². The molecule has 3 N–H and O–H groups in total. The Kier molecular flexibility index (Phi) is 10.1. The highest BCUT2D eigenvalue weighted by Crippen LogP contribution is 2.49. The molecule has 8 heteroatoms. The first kappa shape index (κ1) is 32.2. The van der Waals surface area contributed by atoms with Gasteiger partial charge in [-0.15, -0.1) is 0 Å². The Labute approximate surface area is 272 Å². The summed E-state index contributed by atoms with van der Waals surface area (Å²) < 4.78 is 12.4. The molecule has 6 rings (SSSR count). The molecule has 1 saturated carbocycles. The van der Waals surface area contributed by atoms with Crippen molar-refractivity contribution in [3.05, 3.63) is 101 Å². The molecule has 3 aromatic carbocycles. The molecule has 2 amide bonds.